The van der Waals surface area contributed by atoms with Gasteiger partial charge in [0.2, 0.25) is 5.88 Å². The summed E-state index contributed by atoms with van der Waals surface area (Å²) in [5.41, 5.74) is 8.03. The molecule has 0 spiro atoms. The van der Waals surface area contributed by atoms with Crippen molar-refractivity contribution in [1.29, 1.82) is 5.26 Å². The molecule has 226 valence electrons. The molecule has 1 aliphatic rings. The lowest BCUT2D eigenvalue weighted by Gasteiger charge is -2.27. The van der Waals surface area contributed by atoms with E-state index in [0.717, 1.165) is 31.2 Å². The molecule has 4 rings (SSSR count). The number of benzene rings is 3. The molecule has 3 aromatic rings. The first-order valence-corrected chi connectivity index (χ1v) is 14.9. The zero-order chi connectivity index (χ0) is 30.9. The van der Waals surface area contributed by atoms with Crippen LogP contribution in [-0.2, 0) is 0 Å². The summed E-state index contributed by atoms with van der Waals surface area (Å²) >= 11 is 12.6. The van der Waals surface area contributed by atoms with E-state index in [-0.39, 0.29) is 32.8 Å². The highest BCUT2D eigenvalue weighted by Gasteiger charge is 2.32. The van der Waals surface area contributed by atoms with Crippen molar-refractivity contribution in [3.05, 3.63) is 86.7 Å². The Morgan fingerprint density at radius 1 is 0.953 bits per heavy atom. The summed E-state index contributed by atoms with van der Waals surface area (Å²) in [5.74, 6) is 0.783. The Hall–Kier alpha value is -4.06. The van der Waals surface area contributed by atoms with Gasteiger partial charge in [0.1, 0.15) is 23.1 Å². The van der Waals surface area contributed by atoms with Gasteiger partial charge in [-0.05, 0) is 48.7 Å². The van der Waals surface area contributed by atoms with E-state index in [1.54, 1.807) is 25.3 Å². The largest absolute Gasteiger partial charge is 0.493 e. The number of allylic oxidation sites excluding steroid dienone is 1. The third-order valence-corrected chi connectivity index (χ3v) is 7.42. The molecule has 1 aliphatic heterocycles. The van der Waals surface area contributed by atoms with Crippen molar-refractivity contribution >= 4 is 29.2 Å². The Morgan fingerprint density at radius 3 is 2.40 bits per heavy atom. The van der Waals surface area contributed by atoms with Crippen LogP contribution in [0.5, 0.6) is 28.7 Å². The van der Waals surface area contributed by atoms with Crippen molar-refractivity contribution in [2.45, 2.75) is 51.9 Å². The molecular weight excluding hydrogens is 591 g/mol. The summed E-state index contributed by atoms with van der Waals surface area (Å²) in [6.45, 7) is 5.15. The van der Waals surface area contributed by atoms with Crippen LogP contribution in [-0.4, -0.2) is 26.3 Å². The van der Waals surface area contributed by atoms with Crippen LogP contribution in [0.25, 0.3) is 0 Å². The van der Waals surface area contributed by atoms with Gasteiger partial charge in [0.25, 0.3) is 0 Å². The van der Waals surface area contributed by atoms with E-state index >= 15 is 0 Å². The van der Waals surface area contributed by atoms with Crippen molar-refractivity contribution < 1.29 is 28.5 Å². The molecule has 3 aromatic carbocycles. The maximum absolute atomic E-state index is 13.0. The second-order valence-corrected chi connectivity index (χ2v) is 10.8. The molecule has 0 saturated heterocycles. The maximum atomic E-state index is 13.0. The van der Waals surface area contributed by atoms with Crippen LogP contribution in [0.15, 0.2) is 60.0 Å². The lowest BCUT2D eigenvalue weighted by molar-refractivity contribution is 0.0734. The first-order valence-electron chi connectivity index (χ1n) is 14.2. The second kappa shape index (κ2) is 14.9. The highest BCUT2D eigenvalue weighted by molar-refractivity contribution is 6.37. The molecule has 0 bridgehead atoms. The molecule has 0 amide bonds. The zero-order valence-corrected chi connectivity index (χ0v) is 25.9. The fraction of sp³-hybridized carbons (Fsp3) is 0.333. The van der Waals surface area contributed by atoms with E-state index in [1.807, 2.05) is 25.1 Å². The molecule has 8 nitrogen and oxygen atoms in total. The number of nitrogens with zero attached hydrogens (tertiary/aromatic N) is 1. The van der Waals surface area contributed by atoms with Crippen LogP contribution in [0.3, 0.4) is 0 Å². The fourth-order valence-electron chi connectivity index (χ4n) is 4.72. The van der Waals surface area contributed by atoms with Crippen molar-refractivity contribution in [3.8, 4) is 34.8 Å². The maximum Gasteiger partial charge on any atom is 0.343 e. The minimum Gasteiger partial charge on any atom is -0.493 e. The van der Waals surface area contributed by atoms with Gasteiger partial charge in [-0.15, -0.1) is 0 Å². The van der Waals surface area contributed by atoms with Gasteiger partial charge in [0.05, 0.1) is 41.9 Å². The lowest BCUT2D eigenvalue weighted by Crippen LogP contribution is -2.21. The number of carbonyl (C=O) groups excluding carboxylic acids is 1. The molecule has 0 saturated carbocycles. The summed E-state index contributed by atoms with van der Waals surface area (Å²) in [6, 6.07) is 15.5. The minimum atomic E-state index is -0.672. The average Bonchev–Trinajstić information content (AvgIpc) is 2.99. The molecule has 0 radical (unpaired) electrons. The topological polar surface area (TPSA) is 113 Å². The van der Waals surface area contributed by atoms with E-state index in [9.17, 15) is 10.1 Å². The highest BCUT2D eigenvalue weighted by atomic mass is 35.5. The summed E-state index contributed by atoms with van der Waals surface area (Å²) in [7, 11) is 1.57. The van der Waals surface area contributed by atoms with Gasteiger partial charge in [-0.25, -0.2) is 4.79 Å². The van der Waals surface area contributed by atoms with E-state index in [4.69, 9.17) is 52.6 Å². The normalized spacial score (nSPS) is 13.9. The van der Waals surface area contributed by atoms with Crippen molar-refractivity contribution in [2.75, 3.05) is 20.3 Å². The van der Waals surface area contributed by atoms with Crippen molar-refractivity contribution in [1.82, 2.24) is 0 Å². The number of hydrogen-bond donors (Lipinski definition) is 1. The quantitative estimate of drug-likeness (QED) is 0.115. The standard InChI is InChI=1S/C33H34Cl2N2O6/c1-4-6-7-8-14-40-27-12-9-20(17-29(27)39-3)30-23-11-10-22(18-28(23)43-32(37)24(30)19-36)42-33(38)21-15-25(34)31(26(35)16-21)41-13-5-2/h9-12,15-18,30H,4-8,13-14,37H2,1-3H3. The first-order chi connectivity index (χ1) is 20.8. The number of hydrogen-bond acceptors (Lipinski definition) is 8. The Morgan fingerprint density at radius 2 is 1.72 bits per heavy atom. The second-order valence-electron chi connectivity index (χ2n) is 9.95. The zero-order valence-electron chi connectivity index (χ0n) is 24.4. The van der Waals surface area contributed by atoms with Crippen LogP contribution in [0.2, 0.25) is 10.0 Å². The van der Waals surface area contributed by atoms with Gasteiger partial charge >= 0.3 is 5.97 Å². The molecule has 10 heteroatoms. The monoisotopic (exact) mass is 624 g/mol. The van der Waals surface area contributed by atoms with E-state index in [1.165, 1.54) is 18.6 Å². The van der Waals surface area contributed by atoms with Gasteiger partial charge in [-0.1, -0.05) is 68.4 Å². The van der Waals surface area contributed by atoms with Gasteiger partial charge in [-0.2, -0.15) is 5.26 Å². The Labute approximate surface area is 261 Å². The number of halogens is 2. The van der Waals surface area contributed by atoms with E-state index in [2.05, 4.69) is 13.0 Å². The smallest absolute Gasteiger partial charge is 0.343 e. The van der Waals surface area contributed by atoms with Crippen LogP contribution >= 0.6 is 23.2 Å². The summed E-state index contributed by atoms with van der Waals surface area (Å²) in [5, 5.41) is 10.4. The molecule has 0 fully saturated rings. The number of carbonyl (C=O) groups is 1. The molecule has 0 aromatic heterocycles. The van der Waals surface area contributed by atoms with Gasteiger partial charge in [0, 0.05) is 11.6 Å². The number of methoxy groups -OCH3 is 1. The van der Waals surface area contributed by atoms with E-state index in [0.29, 0.717) is 41.8 Å². The molecular formula is C33H34Cl2N2O6. The molecule has 1 unspecified atom stereocenters. The first kappa shape index (κ1) is 31.9. The predicted octanol–water partition coefficient (Wildman–Crippen LogP) is 8.19. The number of nitriles is 1. The molecule has 0 aliphatic carbocycles. The summed E-state index contributed by atoms with van der Waals surface area (Å²) in [4.78, 5) is 13.0. The van der Waals surface area contributed by atoms with Gasteiger partial charge in [-0.3, -0.25) is 0 Å². The number of fused-ring (bicyclic) bond motifs is 1. The Kier molecular flexibility index (Phi) is 11.0. The van der Waals surface area contributed by atoms with Crippen LogP contribution in [0, 0.1) is 11.3 Å². The number of unbranched alkanes of at least 4 members (excludes halogenated alkanes) is 3. The number of ether oxygens (including phenoxy) is 5. The fourth-order valence-corrected chi connectivity index (χ4v) is 5.32. The minimum absolute atomic E-state index is 0.0417. The Balaban J connectivity index is 1.58. The summed E-state index contributed by atoms with van der Waals surface area (Å²) < 4.78 is 28.6. The lowest BCUT2D eigenvalue weighted by atomic mass is 9.83. The molecule has 43 heavy (non-hydrogen) atoms. The van der Waals surface area contributed by atoms with Crippen molar-refractivity contribution in [2.24, 2.45) is 5.73 Å². The van der Waals surface area contributed by atoms with E-state index < -0.39 is 11.9 Å². The van der Waals surface area contributed by atoms with Crippen LogP contribution in [0.4, 0.5) is 0 Å². The number of rotatable bonds is 13. The highest BCUT2D eigenvalue weighted by Crippen LogP contribution is 2.45. The number of esters is 1. The van der Waals surface area contributed by atoms with Crippen LogP contribution in [0.1, 0.15) is 73.4 Å². The molecule has 1 atom stereocenters. The summed E-state index contributed by atoms with van der Waals surface area (Å²) in [6.07, 6.45) is 5.15. The molecule has 2 N–H and O–H groups in total. The average molecular weight is 626 g/mol. The van der Waals surface area contributed by atoms with Crippen molar-refractivity contribution in [3.63, 3.8) is 0 Å². The van der Waals surface area contributed by atoms with Gasteiger partial charge < -0.3 is 29.4 Å². The number of nitrogens with two attached hydrogens (primary N) is 1. The van der Waals surface area contributed by atoms with Crippen LogP contribution < -0.4 is 29.4 Å². The van der Waals surface area contributed by atoms with Gasteiger partial charge in [0.15, 0.2) is 17.2 Å². The third kappa shape index (κ3) is 7.48. The predicted molar refractivity (Wildman–Crippen MR) is 166 cm³/mol. The molecule has 1 heterocycles. The Bertz CT molecular complexity index is 1530. The SMILES string of the molecule is CCCCCCOc1ccc(C2C(C#N)=C(N)Oc3cc(OC(=O)c4cc(Cl)c(OCCC)c(Cl)c4)ccc32)cc1OC. The third-order valence-electron chi connectivity index (χ3n) is 6.86.